The lowest BCUT2D eigenvalue weighted by molar-refractivity contribution is -0.111. The molecule has 0 radical (unpaired) electrons. The molecule has 0 unspecified atom stereocenters. The molecule has 2 N–H and O–H groups in total. The van der Waals surface area contributed by atoms with Crippen LogP contribution >= 0.6 is 0 Å². The number of ether oxygens (including phenoxy) is 1. The van der Waals surface area contributed by atoms with Gasteiger partial charge in [-0.2, -0.15) is 0 Å². The molecular formula is C22H19NO3. The number of ketones is 1. The summed E-state index contributed by atoms with van der Waals surface area (Å²) in [5.41, 5.74) is 4.45. The molecule has 4 rings (SSSR count). The van der Waals surface area contributed by atoms with Crippen LogP contribution < -0.4 is 4.74 Å². The third-order valence-electron chi connectivity index (χ3n) is 4.67. The predicted octanol–water partition coefficient (Wildman–Crippen LogP) is 4.71. The second-order valence-electron chi connectivity index (χ2n) is 6.41. The number of hydrogen-bond acceptors (Lipinski definition) is 3. The highest BCUT2D eigenvalue weighted by Gasteiger charge is 2.23. The van der Waals surface area contributed by atoms with Gasteiger partial charge in [0.1, 0.15) is 0 Å². The number of carbonyl (C=O) groups is 1. The summed E-state index contributed by atoms with van der Waals surface area (Å²) in [7, 11) is 1.51. The van der Waals surface area contributed by atoms with E-state index in [0.717, 1.165) is 39.7 Å². The third-order valence-corrected chi connectivity index (χ3v) is 4.67. The van der Waals surface area contributed by atoms with Gasteiger partial charge in [-0.15, -0.1) is 0 Å². The molecule has 130 valence electrons. The second kappa shape index (κ2) is 6.56. The summed E-state index contributed by atoms with van der Waals surface area (Å²) in [5.74, 6) is 0.570. The fourth-order valence-electron chi connectivity index (χ4n) is 3.32. The molecule has 0 bridgehead atoms. The number of fused-ring (bicyclic) bond motifs is 1. The lowest BCUT2D eigenvalue weighted by atomic mass is 10.1. The number of para-hydroxylation sites is 1. The van der Waals surface area contributed by atoms with Crippen LogP contribution in [0, 0.1) is 0 Å². The molecule has 1 fully saturated rings. The van der Waals surface area contributed by atoms with Crippen molar-refractivity contribution in [1.29, 1.82) is 0 Å². The topological polar surface area (TPSA) is 62.3 Å². The van der Waals surface area contributed by atoms with Crippen LogP contribution in [-0.4, -0.2) is 23.0 Å². The first-order valence-corrected chi connectivity index (χ1v) is 8.54. The van der Waals surface area contributed by atoms with E-state index in [-0.39, 0.29) is 11.5 Å². The fourth-order valence-corrected chi connectivity index (χ4v) is 3.32. The molecule has 1 aliphatic rings. The number of aromatic hydroxyl groups is 1. The summed E-state index contributed by atoms with van der Waals surface area (Å²) >= 11 is 0. The minimum Gasteiger partial charge on any atom is -0.504 e. The Balaban J connectivity index is 1.61. The van der Waals surface area contributed by atoms with Crippen molar-refractivity contribution in [2.45, 2.75) is 12.8 Å². The molecule has 2 aromatic carbocycles. The Hall–Kier alpha value is -3.27. The van der Waals surface area contributed by atoms with E-state index in [9.17, 15) is 9.90 Å². The molecule has 26 heavy (non-hydrogen) atoms. The van der Waals surface area contributed by atoms with Crippen LogP contribution in [0.2, 0.25) is 0 Å². The number of hydrogen-bond donors (Lipinski definition) is 2. The molecule has 3 aromatic rings. The first-order chi connectivity index (χ1) is 12.6. The van der Waals surface area contributed by atoms with E-state index in [4.69, 9.17) is 4.74 Å². The molecule has 4 nitrogen and oxygen atoms in total. The zero-order valence-electron chi connectivity index (χ0n) is 14.5. The number of allylic oxidation sites excluding steroid dienone is 2. The number of carbonyl (C=O) groups excluding carboxylic acids is 1. The summed E-state index contributed by atoms with van der Waals surface area (Å²) < 4.78 is 5.13. The number of phenols is 1. The minimum atomic E-state index is 0.0793. The maximum absolute atomic E-state index is 12.7. The summed E-state index contributed by atoms with van der Waals surface area (Å²) in [6, 6.07) is 15.2. The zero-order valence-corrected chi connectivity index (χ0v) is 14.5. The number of aromatic nitrogens is 1. The van der Waals surface area contributed by atoms with Gasteiger partial charge < -0.3 is 14.8 Å². The second-order valence-corrected chi connectivity index (χ2v) is 6.41. The Bertz CT molecular complexity index is 1020. The van der Waals surface area contributed by atoms with Crippen LogP contribution in [0.3, 0.4) is 0 Å². The molecule has 0 saturated heterocycles. The number of methoxy groups -OCH3 is 1. The Labute approximate surface area is 151 Å². The molecular weight excluding hydrogens is 326 g/mol. The molecule has 0 amide bonds. The van der Waals surface area contributed by atoms with Crippen LogP contribution in [0.4, 0.5) is 0 Å². The number of phenolic OH excluding ortho intramolecular Hbond substituents is 1. The van der Waals surface area contributed by atoms with Crippen LogP contribution in [0.5, 0.6) is 11.5 Å². The number of benzene rings is 2. The van der Waals surface area contributed by atoms with Gasteiger partial charge in [-0.3, -0.25) is 4.79 Å². The molecule has 4 heteroatoms. The Morgan fingerprint density at radius 2 is 1.81 bits per heavy atom. The van der Waals surface area contributed by atoms with E-state index in [1.807, 2.05) is 36.4 Å². The monoisotopic (exact) mass is 345 g/mol. The summed E-state index contributed by atoms with van der Waals surface area (Å²) in [4.78, 5) is 16.1. The van der Waals surface area contributed by atoms with Crippen molar-refractivity contribution >= 4 is 28.8 Å². The first kappa shape index (κ1) is 16.2. The van der Waals surface area contributed by atoms with Gasteiger partial charge in [0.2, 0.25) is 0 Å². The number of aromatic amines is 1. The highest BCUT2D eigenvalue weighted by molar-refractivity contribution is 6.15. The van der Waals surface area contributed by atoms with Crippen molar-refractivity contribution < 1.29 is 14.6 Å². The number of H-pyrrole nitrogens is 1. The fraction of sp³-hybridized carbons (Fsp3) is 0.136. The quantitative estimate of drug-likeness (QED) is 0.676. The Morgan fingerprint density at radius 3 is 2.58 bits per heavy atom. The Kier molecular flexibility index (Phi) is 4.09. The van der Waals surface area contributed by atoms with Crippen molar-refractivity contribution in [3.8, 4) is 11.5 Å². The van der Waals surface area contributed by atoms with Crippen molar-refractivity contribution in [3.05, 3.63) is 70.9 Å². The smallest absolute Gasteiger partial charge is 0.185 e. The van der Waals surface area contributed by atoms with Gasteiger partial charge in [-0.05, 0) is 60.2 Å². The van der Waals surface area contributed by atoms with E-state index < -0.39 is 0 Å². The van der Waals surface area contributed by atoms with Gasteiger partial charge in [-0.1, -0.05) is 24.3 Å². The number of Topliss-reactive ketones (excluding diaryl/α,β-unsaturated/α-hetero) is 1. The maximum atomic E-state index is 12.7. The van der Waals surface area contributed by atoms with Crippen molar-refractivity contribution in [3.63, 3.8) is 0 Å². The normalized spacial score (nSPS) is 17.5. The SMILES string of the molecule is COc1cc(/C=C2\CC/C(=C\c3cc4ccccc4[nH]3)C2=O)ccc1O. The lowest BCUT2D eigenvalue weighted by Crippen LogP contribution is -1.95. The first-order valence-electron chi connectivity index (χ1n) is 8.54. The molecule has 1 aromatic heterocycles. The average molecular weight is 345 g/mol. The largest absolute Gasteiger partial charge is 0.504 e. The summed E-state index contributed by atoms with van der Waals surface area (Å²) in [5, 5.41) is 10.8. The Morgan fingerprint density at radius 1 is 1.04 bits per heavy atom. The van der Waals surface area contributed by atoms with Crippen LogP contribution in [0.1, 0.15) is 24.1 Å². The van der Waals surface area contributed by atoms with Gasteiger partial charge >= 0.3 is 0 Å². The molecule has 0 aliphatic heterocycles. The van der Waals surface area contributed by atoms with E-state index in [2.05, 4.69) is 11.1 Å². The average Bonchev–Trinajstić information content (AvgIpc) is 3.21. The molecule has 1 heterocycles. The van der Waals surface area contributed by atoms with Crippen LogP contribution in [0.15, 0.2) is 59.7 Å². The van der Waals surface area contributed by atoms with Gasteiger partial charge in [-0.25, -0.2) is 0 Å². The molecule has 0 atom stereocenters. The number of rotatable bonds is 3. The van der Waals surface area contributed by atoms with Crippen LogP contribution in [0.25, 0.3) is 23.1 Å². The van der Waals surface area contributed by atoms with Gasteiger partial charge in [0.05, 0.1) is 7.11 Å². The highest BCUT2D eigenvalue weighted by Crippen LogP contribution is 2.32. The summed E-state index contributed by atoms with van der Waals surface area (Å²) in [6.45, 7) is 0. The lowest BCUT2D eigenvalue weighted by Gasteiger charge is -2.04. The van der Waals surface area contributed by atoms with E-state index in [1.54, 1.807) is 18.2 Å². The summed E-state index contributed by atoms with van der Waals surface area (Å²) in [6.07, 6.45) is 5.26. The van der Waals surface area contributed by atoms with Gasteiger partial charge in [0, 0.05) is 22.4 Å². The minimum absolute atomic E-state index is 0.0793. The maximum Gasteiger partial charge on any atom is 0.185 e. The van der Waals surface area contributed by atoms with Crippen molar-refractivity contribution in [1.82, 2.24) is 4.98 Å². The third kappa shape index (κ3) is 3.02. The highest BCUT2D eigenvalue weighted by atomic mass is 16.5. The van der Waals surface area contributed by atoms with Gasteiger partial charge in [0.25, 0.3) is 0 Å². The van der Waals surface area contributed by atoms with Crippen molar-refractivity contribution in [2.75, 3.05) is 7.11 Å². The molecule has 1 aliphatic carbocycles. The van der Waals surface area contributed by atoms with E-state index >= 15 is 0 Å². The van der Waals surface area contributed by atoms with Crippen LogP contribution in [-0.2, 0) is 4.79 Å². The zero-order chi connectivity index (χ0) is 18.1. The van der Waals surface area contributed by atoms with Gasteiger partial charge in [0.15, 0.2) is 17.3 Å². The van der Waals surface area contributed by atoms with Crippen molar-refractivity contribution in [2.24, 2.45) is 0 Å². The van der Waals surface area contributed by atoms with E-state index in [0.29, 0.717) is 12.2 Å². The van der Waals surface area contributed by atoms with E-state index in [1.165, 1.54) is 7.11 Å². The molecule has 0 spiro atoms. The number of nitrogens with one attached hydrogen (secondary N) is 1. The standard InChI is InChI=1S/C22H19NO3/c1-26-21-11-14(6-9-20(21)24)10-16-7-8-17(22(16)25)13-18-12-15-4-2-3-5-19(15)23-18/h2-6,9-13,23-24H,7-8H2,1H3/b16-10+,17-13+. The molecule has 1 saturated carbocycles. The predicted molar refractivity (Wildman–Crippen MR) is 103 cm³/mol.